The lowest BCUT2D eigenvalue weighted by atomic mass is 9.44. The Labute approximate surface area is 223 Å². The van der Waals surface area contributed by atoms with Crippen LogP contribution in [0, 0.1) is 34.6 Å². The molecule has 208 valence electrons. The Kier molecular flexibility index (Phi) is 6.71. The lowest BCUT2D eigenvalue weighted by molar-refractivity contribution is -0.167. The predicted octanol–water partition coefficient (Wildman–Crippen LogP) is 4.44. The minimum absolute atomic E-state index is 0.0312. The van der Waals surface area contributed by atoms with Crippen molar-refractivity contribution < 1.29 is 18.3 Å². The van der Waals surface area contributed by atoms with Gasteiger partial charge in [-0.2, -0.15) is 18.4 Å². The quantitative estimate of drug-likeness (QED) is 0.252. The molecule has 1 aliphatic heterocycles. The summed E-state index contributed by atoms with van der Waals surface area (Å²) in [5.41, 5.74) is -2.00. The van der Waals surface area contributed by atoms with Gasteiger partial charge in [-0.15, -0.1) is 0 Å². The maximum Gasteiger partial charge on any atom is 0.417 e. The van der Waals surface area contributed by atoms with Crippen LogP contribution in [0.5, 0.6) is 0 Å². The third-order valence-electron chi connectivity index (χ3n) is 10.0. The standard InChI is InChI=1S/C28H39F3N6O/c1-25(2,37-9-7-36(8-10-37)22-6-5-21(16-33-22)28(29,30)31)24(34-17-32)35-23-19-11-18-12-20(23)15-27(13-18,14-19)26(3,4)38/h5-6,16,18-20,23,38H,7-15H2,1-4H3,(H,34,35). The molecule has 2 unspecified atom stereocenters. The van der Waals surface area contributed by atoms with Crippen molar-refractivity contribution >= 4 is 11.7 Å². The lowest BCUT2D eigenvalue weighted by Crippen LogP contribution is -2.62. The highest BCUT2D eigenvalue weighted by Gasteiger charge is 2.60. The van der Waals surface area contributed by atoms with Gasteiger partial charge in [0.2, 0.25) is 0 Å². The number of aromatic nitrogens is 1. The molecular formula is C28H39F3N6O. The molecule has 38 heavy (non-hydrogen) atoms. The van der Waals surface area contributed by atoms with E-state index in [1.165, 1.54) is 6.07 Å². The number of anilines is 1. The Morgan fingerprint density at radius 1 is 1.08 bits per heavy atom. The van der Waals surface area contributed by atoms with Crippen LogP contribution >= 0.6 is 0 Å². The van der Waals surface area contributed by atoms with Gasteiger partial charge in [0.15, 0.2) is 6.19 Å². The third kappa shape index (κ3) is 4.77. The predicted molar refractivity (Wildman–Crippen MR) is 139 cm³/mol. The van der Waals surface area contributed by atoms with Crippen molar-refractivity contribution in [2.75, 3.05) is 31.1 Å². The molecule has 10 heteroatoms. The smallest absolute Gasteiger partial charge is 0.390 e. The number of nitrogens with one attached hydrogen (secondary N) is 1. The second-order valence-electron chi connectivity index (χ2n) is 13.0. The summed E-state index contributed by atoms with van der Waals surface area (Å²) in [4.78, 5) is 13.6. The minimum atomic E-state index is -4.40. The molecule has 6 rings (SSSR count). The van der Waals surface area contributed by atoms with E-state index in [1.54, 1.807) is 0 Å². The zero-order valence-corrected chi connectivity index (χ0v) is 22.7. The van der Waals surface area contributed by atoms with E-state index in [9.17, 15) is 23.5 Å². The number of amidine groups is 1. The van der Waals surface area contributed by atoms with Gasteiger partial charge in [-0.3, -0.25) is 15.2 Å². The molecule has 4 saturated carbocycles. The Morgan fingerprint density at radius 3 is 2.21 bits per heavy atom. The van der Waals surface area contributed by atoms with Gasteiger partial charge in [0.05, 0.1) is 22.7 Å². The van der Waals surface area contributed by atoms with Gasteiger partial charge in [-0.1, -0.05) is 0 Å². The summed E-state index contributed by atoms with van der Waals surface area (Å²) in [6.07, 6.45) is 3.95. The summed E-state index contributed by atoms with van der Waals surface area (Å²) in [7, 11) is 0. The summed E-state index contributed by atoms with van der Waals surface area (Å²) in [5, 5.41) is 23.6. The molecule has 0 amide bonds. The van der Waals surface area contributed by atoms with Crippen molar-refractivity contribution in [3.05, 3.63) is 23.9 Å². The monoisotopic (exact) mass is 532 g/mol. The fourth-order valence-electron chi connectivity index (χ4n) is 7.89. The number of hydrogen-bond acceptors (Lipinski definition) is 6. The second kappa shape index (κ2) is 9.37. The van der Waals surface area contributed by atoms with Crippen molar-refractivity contribution in [1.82, 2.24) is 15.2 Å². The largest absolute Gasteiger partial charge is 0.417 e. The number of halogens is 3. The van der Waals surface area contributed by atoms with Gasteiger partial charge in [-0.25, -0.2) is 4.98 Å². The molecule has 1 aromatic rings. The van der Waals surface area contributed by atoms with E-state index >= 15 is 0 Å². The number of pyridine rings is 1. The average molecular weight is 533 g/mol. The number of nitriles is 1. The van der Waals surface area contributed by atoms with Gasteiger partial charge in [0, 0.05) is 32.4 Å². The summed E-state index contributed by atoms with van der Waals surface area (Å²) >= 11 is 0. The first-order valence-corrected chi connectivity index (χ1v) is 13.7. The molecule has 4 aliphatic carbocycles. The molecule has 2 heterocycles. The maximum atomic E-state index is 12.9. The third-order valence-corrected chi connectivity index (χ3v) is 10.0. The summed E-state index contributed by atoms with van der Waals surface area (Å²) < 4.78 is 38.7. The van der Waals surface area contributed by atoms with Crippen molar-refractivity contribution in [2.45, 2.75) is 83.2 Å². The zero-order valence-electron chi connectivity index (χ0n) is 22.7. The molecule has 5 fully saturated rings. The van der Waals surface area contributed by atoms with Crippen molar-refractivity contribution in [1.29, 1.82) is 5.26 Å². The fourth-order valence-corrected chi connectivity index (χ4v) is 7.89. The van der Waals surface area contributed by atoms with E-state index < -0.39 is 22.9 Å². The Bertz CT molecular complexity index is 1080. The molecule has 1 saturated heterocycles. The SMILES string of the molecule is CC(C)(C(=NC1C2CC3CC1CC(C(C)(C)O)(C3)C2)NC#N)N1CCN(c2ccc(C(F)(F)F)cn2)CC1. The van der Waals surface area contributed by atoms with E-state index in [0.29, 0.717) is 55.6 Å². The highest BCUT2D eigenvalue weighted by Crippen LogP contribution is 2.64. The molecule has 2 N–H and O–H groups in total. The van der Waals surface area contributed by atoms with Gasteiger partial charge in [0.25, 0.3) is 0 Å². The van der Waals surface area contributed by atoms with Crippen LogP contribution in [0.25, 0.3) is 0 Å². The summed E-state index contributed by atoms with van der Waals surface area (Å²) in [5.74, 6) is 2.70. The van der Waals surface area contributed by atoms with Crippen LogP contribution in [0.2, 0.25) is 0 Å². The van der Waals surface area contributed by atoms with Crippen LogP contribution in [0.3, 0.4) is 0 Å². The van der Waals surface area contributed by atoms with Crippen molar-refractivity contribution in [3.8, 4) is 6.19 Å². The van der Waals surface area contributed by atoms with Crippen LogP contribution < -0.4 is 10.2 Å². The zero-order chi connectivity index (χ0) is 27.5. The van der Waals surface area contributed by atoms with Gasteiger partial charge in [0.1, 0.15) is 11.7 Å². The van der Waals surface area contributed by atoms with E-state index in [-0.39, 0.29) is 11.5 Å². The average Bonchev–Trinajstić information content (AvgIpc) is 2.84. The molecule has 7 nitrogen and oxygen atoms in total. The summed E-state index contributed by atoms with van der Waals surface area (Å²) in [6.45, 7) is 10.7. The van der Waals surface area contributed by atoms with Crippen molar-refractivity contribution in [2.24, 2.45) is 28.2 Å². The number of nitrogens with zero attached hydrogens (tertiary/aromatic N) is 5. The van der Waals surface area contributed by atoms with E-state index in [0.717, 1.165) is 44.4 Å². The normalized spacial score (nSPS) is 32.4. The first kappa shape index (κ1) is 27.2. The van der Waals surface area contributed by atoms with Crippen LogP contribution in [-0.2, 0) is 6.18 Å². The fraction of sp³-hybridized carbons (Fsp3) is 0.750. The number of aliphatic imine (C=N–C) groups is 1. The molecule has 2 atom stereocenters. The number of piperazine rings is 1. The first-order valence-electron chi connectivity index (χ1n) is 13.7. The molecule has 5 aliphatic rings. The van der Waals surface area contributed by atoms with Gasteiger partial charge >= 0.3 is 6.18 Å². The van der Waals surface area contributed by atoms with E-state index in [4.69, 9.17) is 4.99 Å². The van der Waals surface area contributed by atoms with Crippen LogP contribution in [0.15, 0.2) is 23.3 Å². The molecule has 0 spiro atoms. The lowest BCUT2D eigenvalue weighted by Gasteiger charge is -2.63. The van der Waals surface area contributed by atoms with Gasteiger partial charge in [-0.05, 0) is 95.1 Å². The Hall–Kier alpha value is -2.38. The Balaban J connectivity index is 1.30. The maximum absolute atomic E-state index is 12.9. The second-order valence-corrected chi connectivity index (χ2v) is 13.0. The number of alkyl halides is 3. The van der Waals surface area contributed by atoms with E-state index in [1.807, 2.05) is 18.7 Å². The number of hydrogen-bond donors (Lipinski definition) is 2. The van der Waals surface area contributed by atoms with Crippen LogP contribution in [0.1, 0.15) is 65.4 Å². The molecule has 0 aromatic carbocycles. The molecule has 1 aromatic heterocycles. The Morgan fingerprint density at radius 2 is 1.71 bits per heavy atom. The molecule has 0 radical (unpaired) electrons. The van der Waals surface area contributed by atoms with E-state index in [2.05, 4.69) is 35.2 Å². The highest BCUT2D eigenvalue weighted by molar-refractivity contribution is 5.92. The van der Waals surface area contributed by atoms with Gasteiger partial charge < -0.3 is 10.0 Å². The number of rotatable bonds is 5. The highest BCUT2D eigenvalue weighted by atomic mass is 19.4. The minimum Gasteiger partial charge on any atom is -0.390 e. The van der Waals surface area contributed by atoms with Crippen LogP contribution in [-0.4, -0.2) is 64.2 Å². The molecule has 4 bridgehead atoms. The van der Waals surface area contributed by atoms with Crippen LogP contribution in [0.4, 0.5) is 19.0 Å². The number of aliphatic hydroxyl groups is 1. The summed E-state index contributed by atoms with van der Waals surface area (Å²) in [6, 6.07) is 2.66. The topological polar surface area (TPSA) is 87.8 Å². The molecular weight excluding hydrogens is 493 g/mol. The van der Waals surface area contributed by atoms with Crippen molar-refractivity contribution in [3.63, 3.8) is 0 Å². The first-order chi connectivity index (χ1) is 17.7.